The molecule has 3 heterocycles. The lowest BCUT2D eigenvalue weighted by atomic mass is 9.95. The van der Waals surface area contributed by atoms with Crippen LogP contribution < -0.4 is 0 Å². The maximum absolute atomic E-state index is 12.5. The Morgan fingerprint density at radius 2 is 2.00 bits per heavy atom. The number of carbonyl (C=O) groups excluding carboxylic acids is 1. The van der Waals surface area contributed by atoms with Gasteiger partial charge in [0.1, 0.15) is 0 Å². The minimum absolute atomic E-state index is 0.0456. The fourth-order valence-corrected chi connectivity index (χ4v) is 4.38. The third kappa shape index (κ3) is 4.63. The van der Waals surface area contributed by atoms with Gasteiger partial charge < -0.3 is 4.90 Å². The fraction of sp³-hybridized carbons (Fsp3) is 0.455. The van der Waals surface area contributed by atoms with Crippen molar-refractivity contribution < 1.29 is 4.79 Å². The lowest BCUT2D eigenvalue weighted by molar-refractivity contribution is -0.130. The third-order valence-electron chi connectivity index (χ3n) is 4.83. The molecule has 1 amide bonds. The van der Waals surface area contributed by atoms with Gasteiger partial charge in [0.25, 0.3) is 0 Å². The fourth-order valence-electron chi connectivity index (χ4n) is 3.11. The predicted octanol–water partition coefficient (Wildman–Crippen LogP) is 4.53. The molecule has 0 saturated carbocycles. The van der Waals surface area contributed by atoms with Gasteiger partial charge in [0.15, 0.2) is 0 Å². The predicted molar refractivity (Wildman–Crippen MR) is 112 cm³/mol. The van der Waals surface area contributed by atoms with Crippen molar-refractivity contribution in [2.45, 2.75) is 46.6 Å². The van der Waals surface area contributed by atoms with Crippen molar-refractivity contribution in [2.24, 2.45) is 5.92 Å². The van der Waals surface area contributed by atoms with Crippen molar-refractivity contribution in [2.75, 3.05) is 13.2 Å². The molecule has 1 saturated heterocycles. The second-order valence-electron chi connectivity index (χ2n) is 7.07. The molecule has 2 unspecified atom stereocenters. The molecule has 2 atom stereocenters. The number of carbonyl (C=O) groups is 1. The first kappa shape index (κ1) is 20.4. The normalized spacial score (nSPS) is 22.0. The van der Waals surface area contributed by atoms with Crippen LogP contribution in [0.2, 0.25) is 0 Å². The Kier molecular flexibility index (Phi) is 6.79. The molecule has 0 bridgehead atoms. The average molecular weight is 368 g/mol. The molecule has 26 heavy (non-hydrogen) atoms. The van der Waals surface area contributed by atoms with Crippen LogP contribution in [0.4, 0.5) is 0 Å². The maximum Gasteiger partial charge on any atom is 0.230 e. The van der Waals surface area contributed by atoms with Gasteiger partial charge in [-0.15, -0.1) is 0 Å². The molecular weight excluding hydrogens is 339 g/mol. The summed E-state index contributed by atoms with van der Waals surface area (Å²) < 4.78 is 0. The SMILES string of the molecule is CC.Cc1cc(C#CC2=CC=C(C3CC(C)(C)N(C)C3=O)PC2)ccn1. The lowest BCUT2D eigenvalue weighted by Crippen LogP contribution is -2.37. The van der Waals surface area contributed by atoms with Gasteiger partial charge in [-0.25, -0.2) is 0 Å². The van der Waals surface area contributed by atoms with Crippen molar-refractivity contribution >= 4 is 14.5 Å². The molecule has 2 aliphatic heterocycles. The van der Waals surface area contributed by atoms with E-state index in [-0.39, 0.29) is 17.4 Å². The minimum atomic E-state index is -0.0456. The highest BCUT2D eigenvalue weighted by Crippen LogP contribution is 2.44. The summed E-state index contributed by atoms with van der Waals surface area (Å²) in [5.41, 5.74) is 3.08. The van der Waals surface area contributed by atoms with Gasteiger partial charge in [0.2, 0.25) is 5.91 Å². The Morgan fingerprint density at radius 3 is 2.54 bits per heavy atom. The minimum Gasteiger partial charge on any atom is -0.340 e. The zero-order chi connectivity index (χ0) is 19.3. The molecule has 2 aliphatic rings. The molecule has 0 radical (unpaired) electrons. The number of hydrogen-bond acceptors (Lipinski definition) is 2. The average Bonchev–Trinajstić information content (AvgIpc) is 2.85. The van der Waals surface area contributed by atoms with Crippen LogP contribution >= 0.6 is 8.58 Å². The van der Waals surface area contributed by atoms with Crippen molar-refractivity contribution in [1.29, 1.82) is 0 Å². The summed E-state index contributed by atoms with van der Waals surface area (Å²) >= 11 is 0. The van der Waals surface area contributed by atoms with E-state index >= 15 is 0 Å². The molecule has 0 spiro atoms. The first-order valence-corrected chi connectivity index (χ1v) is 10.4. The van der Waals surface area contributed by atoms with Crippen LogP contribution in [-0.4, -0.2) is 34.5 Å². The standard InChI is InChI=1S/C20H23N2OP.C2H6/c1-14-11-15(9-10-21-14)5-6-16-7-8-18(24-13-16)17-12-20(2,3)22(4)19(17)23;1-2/h7-11,17,24H,12-13H2,1-4H3;1-2H3. The topological polar surface area (TPSA) is 33.2 Å². The monoisotopic (exact) mass is 368 g/mol. The van der Waals surface area contributed by atoms with Gasteiger partial charge in [-0.2, -0.15) is 0 Å². The number of allylic oxidation sites excluding steroid dienone is 3. The molecule has 0 aromatic carbocycles. The molecule has 138 valence electrons. The summed E-state index contributed by atoms with van der Waals surface area (Å²) in [7, 11) is 2.57. The smallest absolute Gasteiger partial charge is 0.230 e. The zero-order valence-electron chi connectivity index (χ0n) is 16.7. The largest absolute Gasteiger partial charge is 0.340 e. The molecule has 1 fully saturated rings. The van der Waals surface area contributed by atoms with Crippen LogP contribution in [0.5, 0.6) is 0 Å². The first-order valence-electron chi connectivity index (χ1n) is 9.24. The molecule has 0 aliphatic carbocycles. The molecule has 4 heteroatoms. The van der Waals surface area contributed by atoms with Crippen molar-refractivity contribution in [3.8, 4) is 11.8 Å². The lowest BCUT2D eigenvalue weighted by Gasteiger charge is -2.26. The van der Waals surface area contributed by atoms with E-state index in [0.29, 0.717) is 8.58 Å². The van der Waals surface area contributed by atoms with Crippen LogP contribution in [0, 0.1) is 24.7 Å². The quantitative estimate of drug-likeness (QED) is 0.539. The Morgan fingerprint density at radius 1 is 1.27 bits per heavy atom. The van der Waals surface area contributed by atoms with Gasteiger partial charge >= 0.3 is 0 Å². The molecule has 3 nitrogen and oxygen atoms in total. The van der Waals surface area contributed by atoms with Gasteiger partial charge in [0, 0.05) is 41.8 Å². The zero-order valence-corrected chi connectivity index (χ0v) is 17.7. The van der Waals surface area contributed by atoms with Gasteiger partial charge in [-0.3, -0.25) is 9.78 Å². The second kappa shape index (κ2) is 8.65. The van der Waals surface area contributed by atoms with E-state index in [1.807, 2.05) is 44.9 Å². The van der Waals surface area contributed by atoms with Crippen LogP contribution in [0.25, 0.3) is 0 Å². The van der Waals surface area contributed by atoms with E-state index in [4.69, 9.17) is 0 Å². The summed E-state index contributed by atoms with van der Waals surface area (Å²) in [6.07, 6.45) is 7.86. The summed E-state index contributed by atoms with van der Waals surface area (Å²) in [4.78, 5) is 18.6. The first-order chi connectivity index (χ1) is 12.4. The number of likely N-dealkylation sites (tertiary alicyclic amines) is 1. The van der Waals surface area contributed by atoms with E-state index in [1.54, 1.807) is 6.20 Å². The highest BCUT2D eigenvalue weighted by atomic mass is 31.1. The Labute approximate surface area is 159 Å². The number of pyridine rings is 1. The van der Waals surface area contributed by atoms with Crippen LogP contribution in [0.15, 0.2) is 41.4 Å². The Balaban J connectivity index is 0.00000117. The van der Waals surface area contributed by atoms with E-state index in [9.17, 15) is 4.79 Å². The summed E-state index contributed by atoms with van der Waals surface area (Å²) in [5, 5.41) is 1.28. The van der Waals surface area contributed by atoms with E-state index < -0.39 is 0 Å². The molecule has 0 N–H and O–H groups in total. The highest BCUT2D eigenvalue weighted by Gasteiger charge is 2.44. The number of aryl methyl sites for hydroxylation is 1. The molecule has 1 aromatic rings. The summed E-state index contributed by atoms with van der Waals surface area (Å²) in [6, 6.07) is 3.93. The summed E-state index contributed by atoms with van der Waals surface area (Å²) in [6.45, 7) is 10.3. The Hall–Kier alpha value is -1.91. The van der Waals surface area contributed by atoms with E-state index in [0.717, 1.165) is 29.4 Å². The van der Waals surface area contributed by atoms with Gasteiger partial charge in [-0.05, 0) is 50.7 Å². The number of amides is 1. The van der Waals surface area contributed by atoms with Crippen molar-refractivity contribution in [1.82, 2.24) is 9.88 Å². The van der Waals surface area contributed by atoms with Crippen LogP contribution in [0.1, 0.15) is 45.4 Å². The van der Waals surface area contributed by atoms with E-state index in [1.165, 1.54) is 5.31 Å². The van der Waals surface area contributed by atoms with E-state index in [2.05, 4.69) is 42.8 Å². The number of rotatable bonds is 1. The van der Waals surface area contributed by atoms with Crippen molar-refractivity contribution in [3.05, 3.63) is 52.6 Å². The highest BCUT2D eigenvalue weighted by molar-refractivity contribution is 7.43. The maximum atomic E-state index is 12.5. The number of nitrogens with zero attached hydrogens (tertiary/aromatic N) is 2. The van der Waals surface area contributed by atoms with Crippen LogP contribution in [-0.2, 0) is 4.79 Å². The Bertz CT molecular complexity index is 796. The van der Waals surface area contributed by atoms with Crippen LogP contribution in [0.3, 0.4) is 0 Å². The van der Waals surface area contributed by atoms with Crippen molar-refractivity contribution in [3.63, 3.8) is 0 Å². The number of aromatic nitrogens is 1. The van der Waals surface area contributed by atoms with Gasteiger partial charge in [0.05, 0.1) is 5.92 Å². The second-order valence-corrected chi connectivity index (χ2v) is 8.35. The van der Waals surface area contributed by atoms with Gasteiger partial charge in [-0.1, -0.05) is 40.3 Å². The molecule has 1 aromatic heterocycles. The molecular formula is C22H29N2OP. The molecule has 3 rings (SSSR count). The number of hydrogen-bond donors (Lipinski definition) is 0. The summed E-state index contributed by atoms with van der Waals surface area (Å²) in [5.74, 6) is 6.78. The third-order valence-corrected chi connectivity index (χ3v) is 6.31.